The molecule has 30 heavy (non-hydrogen) atoms. The van der Waals surface area contributed by atoms with E-state index in [0.717, 1.165) is 24.2 Å². The molecule has 2 aromatic carbocycles. The number of ether oxygens (including phenoxy) is 1. The predicted octanol–water partition coefficient (Wildman–Crippen LogP) is 5.43. The molecular formula is C22H25Cl2N3O3. The van der Waals surface area contributed by atoms with E-state index in [4.69, 9.17) is 27.9 Å². The maximum Gasteiger partial charge on any atom is 0.240 e. The van der Waals surface area contributed by atoms with Gasteiger partial charge in [-0.2, -0.15) is 5.10 Å². The Labute approximate surface area is 186 Å². The Bertz CT molecular complexity index is 870. The molecule has 6 nitrogen and oxygen atoms in total. The van der Waals surface area contributed by atoms with Crippen LogP contribution in [0.3, 0.4) is 0 Å². The zero-order valence-electron chi connectivity index (χ0n) is 16.8. The molecule has 0 saturated carbocycles. The fourth-order valence-corrected chi connectivity index (χ4v) is 2.72. The normalized spacial score (nSPS) is 10.8. The molecular weight excluding hydrogens is 425 g/mol. The molecule has 0 fully saturated rings. The Morgan fingerprint density at radius 2 is 1.73 bits per heavy atom. The Morgan fingerprint density at radius 1 is 1.00 bits per heavy atom. The number of hydrogen-bond donors (Lipinski definition) is 2. The van der Waals surface area contributed by atoms with Gasteiger partial charge in [-0.05, 0) is 60.9 Å². The molecule has 0 unspecified atom stereocenters. The highest BCUT2D eigenvalue weighted by molar-refractivity contribution is 6.42. The Balaban J connectivity index is 1.65. The van der Waals surface area contributed by atoms with Crippen molar-refractivity contribution in [2.45, 2.75) is 39.0 Å². The van der Waals surface area contributed by atoms with E-state index in [1.54, 1.807) is 24.4 Å². The van der Waals surface area contributed by atoms with Gasteiger partial charge in [0.05, 0.1) is 22.9 Å². The molecule has 0 bridgehead atoms. The molecule has 2 rings (SSSR count). The van der Waals surface area contributed by atoms with E-state index in [2.05, 4.69) is 22.8 Å². The summed E-state index contributed by atoms with van der Waals surface area (Å²) >= 11 is 11.8. The fraction of sp³-hybridized carbons (Fsp3) is 0.318. The zero-order valence-corrected chi connectivity index (χ0v) is 18.3. The van der Waals surface area contributed by atoms with Crippen molar-refractivity contribution in [2.24, 2.45) is 5.10 Å². The number of anilines is 1. The smallest absolute Gasteiger partial charge is 0.240 e. The molecule has 8 heteroatoms. The molecule has 0 atom stereocenters. The van der Waals surface area contributed by atoms with Crippen molar-refractivity contribution in [3.05, 3.63) is 58.1 Å². The van der Waals surface area contributed by atoms with Crippen molar-refractivity contribution in [2.75, 3.05) is 11.9 Å². The van der Waals surface area contributed by atoms with Crippen LogP contribution in [-0.4, -0.2) is 24.6 Å². The molecule has 0 aliphatic heterocycles. The summed E-state index contributed by atoms with van der Waals surface area (Å²) in [5.41, 5.74) is 3.87. The highest BCUT2D eigenvalue weighted by Crippen LogP contribution is 2.25. The predicted molar refractivity (Wildman–Crippen MR) is 122 cm³/mol. The number of carbonyl (C=O) groups is 2. The summed E-state index contributed by atoms with van der Waals surface area (Å²) in [4.78, 5) is 23.8. The molecule has 0 aliphatic rings. The lowest BCUT2D eigenvalue weighted by molar-refractivity contribution is -0.121. The van der Waals surface area contributed by atoms with Crippen LogP contribution in [0.1, 0.15) is 44.6 Å². The largest absolute Gasteiger partial charge is 0.494 e. The Hall–Kier alpha value is -2.57. The summed E-state index contributed by atoms with van der Waals surface area (Å²) in [5.74, 6) is 0.350. The minimum absolute atomic E-state index is 0.191. The zero-order chi connectivity index (χ0) is 21.8. The minimum Gasteiger partial charge on any atom is -0.494 e. The van der Waals surface area contributed by atoms with Gasteiger partial charge in [0.1, 0.15) is 5.75 Å². The lowest BCUT2D eigenvalue weighted by Crippen LogP contribution is -2.18. The third-order valence-corrected chi connectivity index (χ3v) is 4.80. The van der Waals surface area contributed by atoms with Crippen LogP contribution in [0.25, 0.3) is 0 Å². The first kappa shape index (κ1) is 23.7. The maximum absolute atomic E-state index is 11.9. The second-order valence-electron chi connectivity index (χ2n) is 6.59. The van der Waals surface area contributed by atoms with Crippen LogP contribution in [0.4, 0.5) is 5.69 Å². The second-order valence-corrected chi connectivity index (χ2v) is 7.41. The molecule has 2 amide bonds. The van der Waals surface area contributed by atoms with Gasteiger partial charge in [0.15, 0.2) is 0 Å². The standard InChI is InChI=1S/C22H25Cl2N3O3/c1-2-3-13-30-18-10-7-16(8-11-18)15-25-27-22(29)6-4-5-21(28)26-17-9-12-19(23)20(24)14-17/h7-12,14-15H,2-6,13H2,1H3,(H,26,28)(H,27,29). The third kappa shape index (κ3) is 8.84. The maximum atomic E-state index is 11.9. The Kier molecular flexibility index (Phi) is 10.2. The molecule has 0 radical (unpaired) electrons. The van der Waals surface area contributed by atoms with E-state index < -0.39 is 0 Å². The van der Waals surface area contributed by atoms with Gasteiger partial charge in [0.2, 0.25) is 11.8 Å². The summed E-state index contributed by atoms with van der Waals surface area (Å²) in [6.45, 7) is 2.81. The van der Waals surface area contributed by atoms with Gasteiger partial charge < -0.3 is 10.1 Å². The van der Waals surface area contributed by atoms with Crippen molar-refractivity contribution in [1.29, 1.82) is 0 Å². The van der Waals surface area contributed by atoms with Crippen molar-refractivity contribution in [3.8, 4) is 5.75 Å². The number of unbranched alkanes of at least 4 members (excludes halogenated alkanes) is 1. The van der Waals surface area contributed by atoms with Gasteiger partial charge >= 0.3 is 0 Å². The summed E-state index contributed by atoms with van der Waals surface area (Å²) in [7, 11) is 0. The second kappa shape index (κ2) is 12.9. The van der Waals surface area contributed by atoms with Gasteiger partial charge in [-0.25, -0.2) is 5.43 Å². The SMILES string of the molecule is CCCCOc1ccc(C=NNC(=O)CCCC(=O)Nc2ccc(Cl)c(Cl)c2)cc1. The van der Waals surface area contributed by atoms with Gasteiger partial charge in [-0.3, -0.25) is 9.59 Å². The quantitative estimate of drug-likeness (QED) is 0.272. The Morgan fingerprint density at radius 3 is 2.43 bits per heavy atom. The number of halogens is 2. The van der Waals surface area contributed by atoms with Gasteiger partial charge in [0, 0.05) is 18.5 Å². The van der Waals surface area contributed by atoms with E-state index in [1.807, 2.05) is 24.3 Å². The minimum atomic E-state index is -0.256. The molecule has 0 heterocycles. The molecule has 2 N–H and O–H groups in total. The number of rotatable bonds is 11. The number of amides is 2. The summed E-state index contributed by atoms with van der Waals surface area (Å²) < 4.78 is 5.60. The van der Waals surface area contributed by atoms with Crippen molar-refractivity contribution in [1.82, 2.24) is 5.43 Å². The van der Waals surface area contributed by atoms with E-state index in [9.17, 15) is 9.59 Å². The van der Waals surface area contributed by atoms with Crippen LogP contribution in [0.2, 0.25) is 10.0 Å². The summed E-state index contributed by atoms with van der Waals surface area (Å²) in [6.07, 6.45) is 4.47. The number of hydrazone groups is 1. The number of carbonyl (C=O) groups excluding carboxylic acids is 2. The van der Waals surface area contributed by atoms with Crippen molar-refractivity contribution in [3.63, 3.8) is 0 Å². The van der Waals surface area contributed by atoms with Gasteiger partial charge in [-0.15, -0.1) is 0 Å². The molecule has 0 aromatic heterocycles. The highest BCUT2D eigenvalue weighted by Gasteiger charge is 2.07. The molecule has 0 aliphatic carbocycles. The number of hydrogen-bond acceptors (Lipinski definition) is 4. The molecule has 160 valence electrons. The van der Waals surface area contributed by atoms with E-state index >= 15 is 0 Å². The average Bonchev–Trinajstić information content (AvgIpc) is 2.72. The van der Waals surface area contributed by atoms with Crippen molar-refractivity contribution < 1.29 is 14.3 Å². The first-order valence-electron chi connectivity index (χ1n) is 9.77. The van der Waals surface area contributed by atoms with Crippen molar-refractivity contribution >= 4 is 46.9 Å². The molecule has 0 spiro atoms. The van der Waals surface area contributed by atoms with Gasteiger partial charge in [-0.1, -0.05) is 36.5 Å². The third-order valence-electron chi connectivity index (χ3n) is 4.06. The van der Waals surface area contributed by atoms with Crippen LogP contribution < -0.4 is 15.5 Å². The topological polar surface area (TPSA) is 79.8 Å². The monoisotopic (exact) mass is 449 g/mol. The van der Waals surface area contributed by atoms with E-state index in [1.165, 1.54) is 0 Å². The fourth-order valence-electron chi connectivity index (χ4n) is 2.43. The molecule has 0 saturated heterocycles. The van der Waals surface area contributed by atoms with Crippen LogP contribution in [0.15, 0.2) is 47.6 Å². The summed E-state index contributed by atoms with van der Waals surface area (Å²) in [5, 5.41) is 7.44. The summed E-state index contributed by atoms with van der Waals surface area (Å²) in [6, 6.07) is 12.3. The number of nitrogens with one attached hydrogen (secondary N) is 2. The van der Waals surface area contributed by atoms with Crippen LogP contribution in [0, 0.1) is 0 Å². The van der Waals surface area contributed by atoms with Gasteiger partial charge in [0.25, 0.3) is 0 Å². The van der Waals surface area contributed by atoms with E-state index in [-0.39, 0.29) is 24.7 Å². The lowest BCUT2D eigenvalue weighted by atomic mass is 10.2. The van der Waals surface area contributed by atoms with E-state index in [0.29, 0.717) is 28.8 Å². The number of nitrogens with zero attached hydrogens (tertiary/aromatic N) is 1. The average molecular weight is 450 g/mol. The van der Waals surface area contributed by atoms with Crippen LogP contribution in [0.5, 0.6) is 5.75 Å². The molecule has 2 aromatic rings. The van der Waals surface area contributed by atoms with Crippen LogP contribution >= 0.6 is 23.2 Å². The first-order valence-corrected chi connectivity index (χ1v) is 10.5. The first-order chi connectivity index (χ1) is 14.5. The lowest BCUT2D eigenvalue weighted by Gasteiger charge is -2.06. The number of benzene rings is 2. The highest BCUT2D eigenvalue weighted by atomic mass is 35.5. The van der Waals surface area contributed by atoms with Crippen LogP contribution in [-0.2, 0) is 9.59 Å².